The quantitative estimate of drug-likeness (QED) is 0.655. The van der Waals surface area contributed by atoms with E-state index >= 15 is 0 Å². The normalized spacial score (nSPS) is 12.2. The molecule has 1 heterocycles. The Morgan fingerprint density at radius 2 is 1.87 bits per heavy atom. The van der Waals surface area contributed by atoms with E-state index in [0.717, 1.165) is 0 Å². The molecule has 0 aliphatic rings. The molecule has 2 N–H and O–H groups in total. The van der Waals surface area contributed by atoms with Crippen LogP contribution in [0.4, 0.5) is 26.3 Å². The number of rotatable bonds is 5. The Labute approximate surface area is 126 Å². The van der Waals surface area contributed by atoms with E-state index in [2.05, 4.69) is 14.5 Å². The molecule has 0 spiro atoms. The third-order valence-electron chi connectivity index (χ3n) is 2.56. The molecule has 0 bridgehead atoms. The predicted octanol–water partition coefficient (Wildman–Crippen LogP) is 2.56. The fraction of sp³-hybridized carbons (Fsp3) is 0.500. The molecule has 0 fully saturated rings. The van der Waals surface area contributed by atoms with Crippen LogP contribution < -0.4 is 10.5 Å². The van der Waals surface area contributed by atoms with Crippen molar-refractivity contribution in [2.45, 2.75) is 32.4 Å². The number of nitrogens with two attached hydrogens (primary N) is 1. The lowest BCUT2D eigenvalue weighted by Crippen LogP contribution is -2.24. The van der Waals surface area contributed by atoms with E-state index in [9.17, 15) is 31.1 Å². The number of hydrogen-bond donors (Lipinski definition) is 1. The standard InChI is InChI=1S/C12H12F6N2O3/c1-2-22-8(21)3-6-5-20-10(11(13,14)15)9(7(6)4-19)23-12(16,17)18/h5H,2-4,19H2,1H3. The number of hydrogen-bond acceptors (Lipinski definition) is 5. The van der Waals surface area contributed by atoms with Crippen LogP contribution in [-0.4, -0.2) is 23.9 Å². The number of nitrogens with zero attached hydrogens (tertiary/aromatic N) is 1. The van der Waals surface area contributed by atoms with Crippen molar-refractivity contribution < 1.29 is 40.6 Å². The molecule has 0 amide bonds. The molecule has 0 aliphatic heterocycles. The van der Waals surface area contributed by atoms with Crippen LogP contribution >= 0.6 is 0 Å². The average molecular weight is 346 g/mol. The Bertz CT molecular complexity index is 571. The summed E-state index contributed by atoms with van der Waals surface area (Å²) in [6.45, 7) is 0.771. The van der Waals surface area contributed by atoms with Crippen LogP contribution in [0.5, 0.6) is 5.75 Å². The minimum atomic E-state index is -5.38. The highest BCUT2D eigenvalue weighted by atomic mass is 19.4. The highest BCUT2D eigenvalue weighted by Crippen LogP contribution is 2.40. The van der Waals surface area contributed by atoms with Crippen LogP contribution in [0.3, 0.4) is 0 Å². The lowest BCUT2D eigenvalue weighted by atomic mass is 10.0. The number of halogens is 6. The van der Waals surface area contributed by atoms with Gasteiger partial charge in [-0.05, 0) is 12.5 Å². The van der Waals surface area contributed by atoms with Crippen LogP contribution in [-0.2, 0) is 28.7 Å². The molecule has 0 saturated heterocycles. The number of carbonyl (C=O) groups excluding carboxylic acids is 1. The highest BCUT2D eigenvalue weighted by Gasteiger charge is 2.42. The van der Waals surface area contributed by atoms with Gasteiger partial charge in [-0.1, -0.05) is 0 Å². The van der Waals surface area contributed by atoms with Gasteiger partial charge in [0.05, 0.1) is 13.0 Å². The Kier molecular flexibility index (Phi) is 5.81. The molecule has 0 aromatic carbocycles. The van der Waals surface area contributed by atoms with E-state index in [1.807, 2.05) is 0 Å². The molecular formula is C12H12F6N2O3. The number of aromatic nitrogens is 1. The van der Waals surface area contributed by atoms with E-state index < -0.39 is 48.5 Å². The van der Waals surface area contributed by atoms with E-state index in [1.165, 1.54) is 6.92 Å². The minimum Gasteiger partial charge on any atom is -0.466 e. The summed E-state index contributed by atoms with van der Waals surface area (Å²) in [4.78, 5) is 14.3. The molecule has 23 heavy (non-hydrogen) atoms. The van der Waals surface area contributed by atoms with Gasteiger partial charge in [-0.15, -0.1) is 13.2 Å². The van der Waals surface area contributed by atoms with Gasteiger partial charge in [-0.2, -0.15) is 13.2 Å². The monoisotopic (exact) mass is 346 g/mol. The van der Waals surface area contributed by atoms with Crippen molar-refractivity contribution in [3.63, 3.8) is 0 Å². The maximum Gasteiger partial charge on any atom is 0.573 e. The van der Waals surface area contributed by atoms with Crippen molar-refractivity contribution in [3.05, 3.63) is 23.0 Å². The first-order valence-electron chi connectivity index (χ1n) is 6.19. The zero-order valence-electron chi connectivity index (χ0n) is 11.7. The third-order valence-corrected chi connectivity index (χ3v) is 2.56. The second-order valence-electron chi connectivity index (χ2n) is 4.17. The van der Waals surface area contributed by atoms with Gasteiger partial charge in [0.2, 0.25) is 0 Å². The number of alkyl halides is 6. The Morgan fingerprint density at radius 1 is 1.26 bits per heavy atom. The van der Waals surface area contributed by atoms with Crippen LogP contribution in [0, 0.1) is 0 Å². The number of esters is 1. The van der Waals surface area contributed by atoms with Gasteiger partial charge in [0, 0.05) is 18.3 Å². The third kappa shape index (κ3) is 5.27. The summed E-state index contributed by atoms with van der Waals surface area (Å²) in [5, 5.41) is 0. The molecule has 0 saturated carbocycles. The van der Waals surface area contributed by atoms with Gasteiger partial charge in [0.1, 0.15) is 0 Å². The molecule has 1 aromatic heterocycles. The minimum absolute atomic E-state index is 0.00321. The van der Waals surface area contributed by atoms with Crippen LogP contribution in [0.1, 0.15) is 23.7 Å². The summed E-state index contributed by atoms with van der Waals surface area (Å²) in [6, 6.07) is 0. The van der Waals surface area contributed by atoms with Gasteiger partial charge in [0.15, 0.2) is 11.4 Å². The van der Waals surface area contributed by atoms with E-state index in [0.29, 0.717) is 6.20 Å². The topological polar surface area (TPSA) is 74.4 Å². The van der Waals surface area contributed by atoms with Gasteiger partial charge in [-0.25, -0.2) is 4.98 Å². The van der Waals surface area contributed by atoms with E-state index in [-0.39, 0.29) is 12.2 Å². The summed E-state index contributed by atoms with van der Waals surface area (Å²) >= 11 is 0. The summed E-state index contributed by atoms with van der Waals surface area (Å²) in [5.74, 6) is -2.41. The number of pyridine rings is 1. The van der Waals surface area contributed by atoms with Gasteiger partial charge < -0.3 is 15.2 Å². The molecule has 0 atom stereocenters. The maximum absolute atomic E-state index is 12.8. The molecule has 0 aliphatic carbocycles. The van der Waals surface area contributed by atoms with Crippen molar-refractivity contribution in [3.8, 4) is 5.75 Å². The largest absolute Gasteiger partial charge is 0.573 e. The average Bonchev–Trinajstić information content (AvgIpc) is 2.35. The summed E-state index contributed by atoms with van der Waals surface area (Å²) in [5.41, 5.74) is 2.51. The van der Waals surface area contributed by atoms with Crippen molar-refractivity contribution in [2.75, 3.05) is 6.61 Å². The maximum atomic E-state index is 12.8. The SMILES string of the molecule is CCOC(=O)Cc1cnc(C(F)(F)F)c(OC(F)(F)F)c1CN. The summed E-state index contributed by atoms with van der Waals surface area (Å²) in [6.07, 6.45) is -10.5. The first-order valence-corrected chi connectivity index (χ1v) is 6.19. The predicted molar refractivity (Wildman–Crippen MR) is 64.2 cm³/mol. The number of ether oxygens (including phenoxy) is 2. The molecule has 0 radical (unpaired) electrons. The number of carbonyl (C=O) groups is 1. The lowest BCUT2D eigenvalue weighted by molar-refractivity contribution is -0.276. The van der Waals surface area contributed by atoms with Crippen molar-refractivity contribution >= 4 is 5.97 Å². The molecule has 1 aromatic rings. The Morgan fingerprint density at radius 3 is 2.30 bits per heavy atom. The first-order chi connectivity index (χ1) is 10.5. The summed E-state index contributed by atoms with van der Waals surface area (Å²) in [7, 11) is 0. The zero-order chi connectivity index (χ0) is 17.8. The Hall–Kier alpha value is -2.04. The molecule has 5 nitrogen and oxygen atoms in total. The second kappa shape index (κ2) is 7.02. The van der Waals surface area contributed by atoms with Crippen molar-refractivity contribution in [1.82, 2.24) is 4.98 Å². The second-order valence-corrected chi connectivity index (χ2v) is 4.17. The lowest BCUT2D eigenvalue weighted by Gasteiger charge is -2.19. The molecule has 1 rings (SSSR count). The molecule has 130 valence electrons. The zero-order valence-corrected chi connectivity index (χ0v) is 11.7. The van der Waals surface area contributed by atoms with E-state index in [4.69, 9.17) is 5.73 Å². The van der Waals surface area contributed by atoms with Gasteiger partial charge in [0.25, 0.3) is 0 Å². The summed E-state index contributed by atoms with van der Waals surface area (Å²) < 4.78 is 83.7. The molecular weight excluding hydrogens is 334 g/mol. The first kappa shape index (κ1) is 19.0. The molecule has 0 unspecified atom stereocenters. The van der Waals surface area contributed by atoms with Crippen LogP contribution in [0.2, 0.25) is 0 Å². The highest BCUT2D eigenvalue weighted by molar-refractivity contribution is 5.73. The van der Waals surface area contributed by atoms with Crippen molar-refractivity contribution in [1.29, 1.82) is 0 Å². The Balaban J connectivity index is 3.41. The fourth-order valence-electron chi connectivity index (χ4n) is 1.74. The smallest absolute Gasteiger partial charge is 0.466 e. The van der Waals surface area contributed by atoms with Crippen LogP contribution in [0.15, 0.2) is 6.20 Å². The van der Waals surface area contributed by atoms with Gasteiger partial charge >= 0.3 is 18.5 Å². The molecule has 11 heteroatoms. The van der Waals surface area contributed by atoms with Gasteiger partial charge in [-0.3, -0.25) is 4.79 Å². The van der Waals surface area contributed by atoms with E-state index in [1.54, 1.807) is 0 Å². The van der Waals surface area contributed by atoms with Crippen molar-refractivity contribution in [2.24, 2.45) is 5.73 Å². The van der Waals surface area contributed by atoms with Crippen LogP contribution in [0.25, 0.3) is 0 Å². The fourth-order valence-corrected chi connectivity index (χ4v) is 1.74.